The zero-order valence-corrected chi connectivity index (χ0v) is 10.7. The number of carbonyl (C=O) groups is 3. The summed E-state index contributed by atoms with van der Waals surface area (Å²) in [6.07, 6.45) is 0. The molecule has 3 N–H and O–H groups in total. The first-order valence-corrected chi connectivity index (χ1v) is 6.53. The van der Waals surface area contributed by atoms with Gasteiger partial charge in [0, 0.05) is 0 Å². The Balaban J connectivity index is 2.57. The van der Waals surface area contributed by atoms with Crippen LogP contribution in [0.1, 0.15) is 11.6 Å². The molecule has 0 bridgehead atoms. The monoisotopic (exact) mass is 283 g/mol. The van der Waals surface area contributed by atoms with E-state index in [9.17, 15) is 14.4 Å². The zero-order chi connectivity index (χ0) is 14.3. The van der Waals surface area contributed by atoms with Crippen LogP contribution in [0.15, 0.2) is 30.3 Å². The van der Waals surface area contributed by atoms with Crippen LogP contribution in [0.5, 0.6) is 0 Å². The summed E-state index contributed by atoms with van der Waals surface area (Å²) in [5, 5.41) is 19.9. The fraction of sp³-hybridized carbons (Fsp3) is 0.250. The molecule has 19 heavy (non-hydrogen) atoms. The summed E-state index contributed by atoms with van der Waals surface area (Å²) in [4.78, 5) is 32.9. The summed E-state index contributed by atoms with van der Waals surface area (Å²) < 4.78 is 0. The third-order valence-corrected chi connectivity index (χ3v) is 3.06. The van der Waals surface area contributed by atoms with Crippen molar-refractivity contribution in [2.24, 2.45) is 0 Å². The topological polar surface area (TPSA) is 104 Å². The molecule has 0 saturated carbocycles. The van der Waals surface area contributed by atoms with Gasteiger partial charge in [0.15, 0.2) is 6.04 Å². The van der Waals surface area contributed by atoms with Gasteiger partial charge in [-0.2, -0.15) is 0 Å². The number of hydrogen-bond acceptors (Lipinski definition) is 4. The van der Waals surface area contributed by atoms with Crippen molar-refractivity contribution in [2.75, 3.05) is 11.5 Å². The summed E-state index contributed by atoms with van der Waals surface area (Å²) in [5.74, 6) is -2.99. The van der Waals surface area contributed by atoms with Gasteiger partial charge in [0.2, 0.25) is 5.91 Å². The number of nitrogens with one attached hydrogen (secondary N) is 1. The van der Waals surface area contributed by atoms with E-state index in [0.29, 0.717) is 5.56 Å². The van der Waals surface area contributed by atoms with Crippen molar-refractivity contribution in [1.82, 2.24) is 5.32 Å². The molecular weight excluding hydrogens is 270 g/mol. The normalized spacial score (nSPS) is 11.6. The van der Waals surface area contributed by atoms with E-state index in [-0.39, 0.29) is 11.5 Å². The van der Waals surface area contributed by atoms with Gasteiger partial charge in [-0.05, 0) is 5.56 Å². The molecule has 0 saturated heterocycles. The SMILES string of the molecule is O=C(O)CSCC(=O)NC(C(=O)O)c1ccccc1. The minimum absolute atomic E-state index is 0.0943. The largest absolute Gasteiger partial charge is 0.481 e. The smallest absolute Gasteiger partial charge is 0.330 e. The summed E-state index contributed by atoms with van der Waals surface area (Å²) >= 11 is 0.914. The molecule has 0 radical (unpaired) electrons. The maximum absolute atomic E-state index is 11.5. The first-order chi connectivity index (χ1) is 9.00. The van der Waals surface area contributed by atoms with Gasteiger partial charge >= 0.3 is 11.9 Å². The van der Waals surface area contributed by atoms with Crippen molar-refractivity contribution in [3.05, 3.63) is 35.9 Å². The molecule has 1 amide bonds. The van der Waals surface area contributed by atoms with Crippen molar-refractivity contribution < 1.29 is 24.6 Å². The molecule has 1 atom stereocenters. The first-order valence-electron chi connectivity index (χ1n) is 5.37. The summed E-state index contributed by atoms with van der Waals surface area (Å²) in [6, 6.07) is 7.17. The van der Waals surface area contributed by atoms with Crippen LogP contribution in [0.25, 0.3) is 0 Å². The van der Waals surface area contributed by atoms with Gasteiger partial charge in [-0.1, -0.05) is 30.3 Å². The first kappa shape index (κ1) is 15.0. The molecule has 0 heterocycles. The zero-order valence-electron chi connectivity index (χ0n) is 9.91. The highest BCUT2D eigenvalue weighted by Crippen LogP contribution is 2.13. The molecule has 1 rings (SSSR count). The number of rotatable bonds is 7. The van der Waals surface area contributed by atoms with E-state index in [2.05, 4.69) is 5.32 Å². The summed E-state index contributed by atoms with van der Waals surface area (Å²) in [5.41, 5.74) is 0.464. The highest BCUT2D eigenvalue weighted by atomic mass is 32.2. The molecule has 6 nitrogen and oxygen atoms in total. The van der Waals surface area contributed by atoms with Crippen LogP contribution in [-0.4, -0.2) is 39.6 Å². The van der Waals surface area contributed by atoms with E-state index in [1.807, 2.05) is 0 Å². The number of aliphatic carboxylic acids is 2. The Morgan fingerprint density at radius 3 is 2.26 bits per heavy atom. The molecular formula is C12H13NO5S. The average molecular weight is 283 g/mol. The molecule has 1 aromatic rings. The lowest BCUT2D eigenvalue weighted by Gasteiger charge is -2.14. The molecule has 0 aliphatic heterocycles. The maximum Gasteiger partial charge on any atom is 0.330 e. The minimum Gasteiger partial charge on any atom is -0.481 e. The Hall–Kier alpha value is -2.02. The van der Waals surface area contributed by atoms with E-state index in [4.69, 9.17) is 10.2 Å². The van der Waals surface area contributed by atoms with Crippen molar-refractivity contribution >= 4 is 29.6 Å². The van der Waals surface area contributed by atoms with Crippen molar-refractivity contribution in [1.29, 1.82) is 0 Å². The van der Waals surface area contributed by atoms with Crippen molar-refractivity contribution in [3.8, 4) is 0 Å². The van der Waals surface area contributed by atoms with E-state index < -0.39 is 23.9 Å². The number of carboxylic acid groups (broad SMARTS) is 2. The van der Waals surface area contributed by atoms with E-state index >= 15 is 0 Å². The standard InChI is InChI=1S/C12H13NO5S/c14-9(6-19-7-10(15)16)13-11(12(17)18)8-4-2-1-3-5-8/h1-5,11H,6-7H2,(H,13,14)(H,15,16)(H,17,18). The predicted octanol–water partition coefficient (Wildman–Crippen LogP) is 0.746. The Morgan fingerprint density at radius 1 is 1.11 bits per heavy atom. The van der Waals surface area contributed by atoms with Crippen LogP contribution in [0.2, 0.25) is 0 Å². The van der Waals surface area contributed by atoms with Crippen LogP contribution in [0.3, 0.4) is 0 Å². The van der Waals surface area contributed by atoms with Gasteiger partial charge in [0.25, 0.3) is 0 Å². The molecule has 1 unspecified atom stereocenters. The van der Waals surface area contributed by atoms with Gasteiger partial charge in [0.1, 0.15) is 0 Å². The Labute approximate surface area is 113 Å². The second-order valence-electron chi connectivity index (χ2n) is 3.64. The Kier molecular flexibility index (Phi) is 5.87. The summed E-state index contributed by atoms with van der Waals surface area (Å²) in [7, 11) is 0. The fourth-order valence-corrected chi connectivity index (χ4v) is 1.91. The van der Waals surface area contributed by atoms with Crippen molar-refractivity contribution in [2.45, 2.75) is 6.04 Å². The second-order valence-corrected chi connectivity index (χ2v) is 4.62. The molecule has 0 aromatic heterocycles. The fourth-order valence-electron chi connectivity index (χ4n) is 1.37. The lowest BCUT2D eigenvalue weighted by molar-refractivity contribution is -0.141. The highest BCUT2D eigenvalue weighted by molar-refractivity contribution is 8.00. The number of hydrogen-bond donors (Lipinski definition) is 3. The average Bonchev–Trinajstić information content (AvgIpc) is 2.36. The lowest BCUT2D eigenvalue weighted by Crippen LogP contribution is -2.35. The molecule has 102 valence electrons. The Bertz CT molecular complexity index is 462. The number of benzene rings is 1. The van der Waals surface area contributed by atoms with Crippen LogP contribution >= 0.6 is 11.8 Å². The van der Waals surface area contributed by atoms with Crippen molar-refractivity contribution in [3.63, 3.8) is 0 Å². The number of carbonyl (C=O) groups excluding carboxylic acids is 1. The van der Waals surface area contributed by atoms with Gasteiger partial charge in [-0.15, -0.1) is 11.8 Å². The molecule has 1 aromatic carbocycles. The predicted molar refractivity (Wildman–Crippen MR) is 69.9 cm³/mol. The van der Waals surface area contributed by atoms with Gasteiger partial charge in [-0.3, -0.25) is 9.59 Å². The number of amides is 1. The number of thioether (sulfide) groups is 1. The quantitative estimate of drug-likeness (QED) is 0.682. The summed E-state index contributed by atoms with van der Waals surface area (Å²) in [6.45, 7) is 0. The molecule has 0 fully saturated rings. The van der Waals surface area contributed by atoms with E-state index in [0.717, 1.165) is 11.8 Å². The van der Waals surface area contributed by atoms with E-state index in [1.165, 1.54) is 0 Å². The van der Waals surface area contributed by atoms with Gasteiger partial charge in [0.05, 0.1) is 11.5 Å². The molecule has 0 spiro atoms. The number of carboxylic acids is 2. The van der Waals surface area contributed by atoms with Gasteiger partial charge < -0.3 is 15.5 Å². The highest BCUT2D eigenvalue weighted by Gasteiger charge is 2.21. The second kappa shape index (κ2) is 7.42. The minimum atomic E-state index is -1.16. The van der Waals surface area contributed by atoms with Crippen LogP contribution in [-0.2, 0) is 14.4 Å². The van der Waals surface area contributed by atoms with Crippen LogP contribution in [0, 0.1) is 0 Å². The lowest BCUT2D eigenvalue weighted by atomic mass is 10.1. The third kappa shape index (κ3) is 5.43. The third-order valence-electron chi connectivity index (χ3n) is 2.14. The van der Waals surface area contributed by atoms with Crippen LogP contribution < -0.4 is 5.32 Å². The maximum atomic E-state index is 11.5. The van der Waals surface area contributed by atoms with Crippen LogP contribution in [0.4, 0.5) is 0 Å². The molecule has 0 aliphatic rings. The van der Waals surface area contributed by atoms with E-state index in [1.54, 1.807) is 30.3 Å². The van der Waals surface area contributed by atoms with Gasteiger partial charge in [-0.25, -0.2) is 4.79 Å². The molecule has 7 heteroatoms. The Morgan fingerprint density at radius 2 is 1.74 bits per heavy atom. The molecule has 0 aliphatic carbocycles.